The smallest absolute Gasteiger partial charge is 0.217 e. The molecule has 4 aliphatic heterocycles. The molecule has 3 unspecified atom stereocenters. The molecule has 4 saturated heterocycles. The standard InChI is InChI=1S/C26H45NO19/c1-6-11(31)14(34)17(37)21(42-6)25(27-8(3)30)24(40)45-10(5-29)20(46-23-19(39)16(36)13(33)9(4-28)44-23)26(25,41)22-18(38)15(35)12(32)7(2)43-22/h6-7,9-24,28-29,31-41H,4-5H2,1-3H3,(H,27,30)/t6-,7-,9+,10+,11+,12+,13-,14+,15+,16-,17-,18-,19+,20+,21?,22?,23-,24?,25-,26+/m0/s1. The second kappa shape index (κ2) is 13.9. The molecule has 20 heteroatoms. The van der Waals surface area contributed by atoms with Crippen LogP contribution in [0.15, 0.2) is 0 Å². The molecule has 0 radical (unpaired) electrons. The van der Waals surface area contributed by atoms with E-state index in [1.807, 2.05) is 0 Å². The molecule has 4 fully saturated rings. The molecule has 0 aromatic heterocycles. The third-order valence-electron chi connectivity index (χ3n) is 9.41. The minimum atomic E-state index is -3.33. The Bertz CT molecular complexity index is 1060. The van der Waals surface area contributed by atoms with Gasteiger partial charge in [-0.15, -0.1) is 0 Å². The van der Waals surface area contributed by atoms with Crippen LogP contribution in [0.2, 0.25) is 0 Å². The molecule has 0 saturated carbocycles. The number of aliphatic hydroxyl groups excluding tert-OH is 12. The van der Waals surface area contributed by atoms with Gasteiger partial charge in [0.15, 0.2) is 23.7 Å². The maximum absolute atomic E-state index is 13.0. The van der Waals surface area contributed by atoms with Crippen molar-refractivity contribution in [1.82, 2.24) is 5.32 Å². The SMILES string of the molecule is CC(=O)N[C@@]1(C2O[C@@H](C)[C@@H](O)[C@@H](O)[C@@H]2O)C(O)O[C@H](CO)[C@@H](O[C@@H]2O[C@H](CO)[C@H](O)[C@H](O)[C@H]2O)[C@@]1(O)C1O[C@@H](C)[C@@H](O)[C@@H](O)[C@@H]1O. The van der Waals surface area contributed by atoms with Crippen LogP contribution in [0.1, 0.15) is 20.8 Å². The number of hydrogen-bond donors (Lipinski definition) is 14. The Morgan fingerprint density at radius 1 is 0.652 bits per heavy atom. The molecule has 0 aliphatic carbocycles. The van der Waals surface area contributed by atoms with Crippen LogP contribution in [0.5, 0.6) is 0 Å². The summed E-state index contributed by atoms with van der Waals surface area (Å²) in [5, 5.41) is 143. The summed E-state index contributed by atoms with van der Waals surface area (Å²) in [5.74, 6) is -1.07. The third kappa shape index (κ3) is 5.86. The van der Waals surface area contributed by atoms with Gasteiger partial charge < -0.3 is 95.4 Å². The van der Waals surface area contributed by atoms with Crippen molar-refractivity contribution in [3.8, 4) is 0 Å². The van der Waals surface area contributed by atoms with Crippen LogP contribution >= 0.6 is 0 Å². The van der Waals surface area contributed by atoms with Gasteiger partial charge in [0.05, 0.1) is 25.4 Å². The Kier molecular flexibility index (Phi) is 11.4. The van der Waals surface area contributed by atoms with Gasteiger partial charge in [0.2, 0.25) is 5.91 Å². The molecule has 4 rings (SSSR count). The predicted molar refractivity (Wildman–Crippen MR) is 143 cm³/mol. The zero-order valence-electron chi connectivity index (χ0n) is 25.1. The van der Waals surface area contributed by atoms with Crippen LogP contribution in [0, 0.1) is 0 Å². The average molecular weight is 676 g/mol. The summed E-state index contributed by atoms with van der Waals surface area (Å²) in [4.78, 5) is 12.9. The molecule has 20 atom stereocenters. The number of rotatable bonds is 7. The minimum Gasteiger partial charge on any atom is -0.394 e. The number of hydrogen-bond acceptors (Lipinski definition) is 19. The van der Waals surface area contributed by atoms with Gasteiger partial charge in [0.1, 0.15) is 85.5 Å². The van der Waals surface area contributed by atoms with E-state index >= 15 is 0 Å². The van der Waals surface area contributed by atoms with Crippen molar-refractivity contribution in [3.05, 3.63) is 0 Å². The first-order valence-electron chi connectivity index (χ1n) is 14.7. The van der Waals surface area contributed by atoms with Crippen molar-refractivity contribution in [2.75, 3.05) is 13.2 Å². The van der Waals surface area contributed by atoms with E-state index in [1.165, 1.54) is 13.8 Å². The predicted octanol–water partition coefficient (Wildman–Crippen LogP) is -8.77. The number of carbonyl (C=O) groups is 1. The number of nitrogens with one attached hydrogen (secondary N) is 1. The van der Waals surface area contributed by atoms with E-state index in [2.05, 4.69) is 5.32 Å². The largest absolute Gasteiger partial charge is 0.394 e. The second-order valence-corrected chi connectivity index (χ2v) is 12.3. The lowest BCUT2D eigenvalue weighted by Gasteiger charge is -2.65. The zero-order chi connectivity index (χ0) is 34.6. The number of aliphatic hydroxyl groups is 13. The molecule has 1 amide bonds. The van der Waals surface area contributed by atoms with E-state index in [0.29, 0.717) is 0 Å². The molecule has 4 aliphatic rings. The number of amides is 1. The third-order valence-corrected chi connectivity index (χ3v) is 9.41. The van der Waals surface area contributed by atoms with Gasteiger partial charge in [-0.25, -0.2) is 0 Å². The molecule has 0 aromatic rings. The highest BCUT2D eigenvalue weighted by atomic mass is 16.7. The monoisotopic (exact) mass is 675 g/mol. The van der Waals surface area contributed by atoms with Crippen LogP contribution < -0.4 is 5.32 Å². The highest BCUT2D eigenvalue weighted by molar-refractivity contribution is 5.74. The molecular formula is C26H45NO19. The fraction of sp³-hybridized carbons (Fsp3) is 0.962. The van der Waals surface area contributed by atoms with Crippen molar-refractivity contribution in [1.29, 1.82) is 0 Å². The van der Waals surface area contributed by atoms with Crippen molar-refractivity contribution >= 4 is 5.91 Å². The summed E-state index contributed by atoms with van der Waals surface area (Å²) in [5.41, 5.74) is -6.38. The first-order valence-corrected chi connectivity index (χ1v) is 14.7. The molecule has 0 spiro atoms. The lowest BCUT2D eigenvalue weighted by molar-refractivity contribution is -0.416. The first kappa shape index (κ1) is 37.6. The van der Waals surface area contributed by atoms with Crippen molar-refractivity contribution in [2.45, 2.75) is 142 Å². The van der Waals surface area contributed by atoms with Gasteiger partial charge in [-0.2, -0.15) is 0 Å². The lowest BCUT2D eigenvalue weighted by Crippen LogP contribution is -2.91. The molecule has 46 heavy (non-hydrogen) atoms. The summed E-state index contributed by atoms with van der Waals surface area (Å²) in [6.45, 7) is 1.30. The average Bonchev–Trinajstić information content (AvgIpc) is 3.01. The van der Waals surface area contributed by atoms with Gasteiger partial charge in [-0.05, 0) is 13.8 Å². The van der Waals surface area contributed by atoms with Gasteiger partial charge in [0.25, 0.3) is 0 Å². The highest BCUT2D eigenvalue weighted by Gasteiger charge is 2.77. The molecule has 0 aromatic carbocycles. The molecule has 20 nitrogen and oxygen atoms in total. The van der Waals surface area contributed by atoms with Crippen LogP contribution in [0.25, 0.3) is 0 Å². The molecule has 268 valence electrons. The number of ether oxygens (including phenoxy) is 5. The van der Waals surface area contributed by atoms with Crippen molar-refractivity contribution in [2.24, 2.45) is 0 Å². The summed E-state index contributed by atoms with van der Waals surface area (Å²) in [6, 6.07) is 0. The zero-order valence-corrected chi connectivity index (χ0v) is 25.1. The summed E-state index contributed by atoms with van der Waals surface area (Å²) >= 11 is 0. The van der Waals surface area contributed by atoms with E-state index in [1.54, 1.807) is 0 Å². The second-order valence-electron chi connectivity index (χ2n) is 12.3. The van der Waals surface area contributed by atoms with Gasteiger partial charge >= 0.3 is 0 Å². The van der Waals surface area contributed by atoms with Crippen molar-refractivity contribution in [3.63, 3.8) is 0 Å². The Balaban J connectivity index is 1.99. The summed E-state index contributed by atoms with van der Waals surface area (Å²) in [7, 11) is 0. The normalized spacial score (nSPS) is 55.1. The van der Waals surface area contributed by atoms with E-state index in [4.69, 9.17) is 23.7 Å². The Morgan fingerprint density at radius 2 is 1.13 bits per heavy atom. The van der Waals surface area contributed by atoms with Gasteiger partial charge in [-0.1, -0.05) is 0 Å². The van der Waals surface area contributed by atoms with Crippen LogP contribution in [0.4, 0.5) is 0 Å². The maximum atomic E-state index is 13.0. The lowest BCUT2D eigenvalue weighted by atomic mass is 9.61. The maximum Gasteiger partial charge on any atom is 0.217 e. The summed E-state index contributed by atoms with van der Waals surface area (Å²) < 4.78 is 28.3. The van der Waals surface area contributed by atoms with Gasteiger partial charge in [0, 0.05) is 6.92 Å². The van der Waals surface area contributed by atoms with E-state index in [0.717, 1.165) is 6.92 Å². The quantitative estimate of drug-likeness (QED) is 0.119. The Labute approximate surface area is 261 Å². The topological polar surface area (TPSA) is 338 Å². The fourth-order valence-corrected chi connectivity index (χ4v) is 6.85. The Hall–Kier alpha value is -1.25. The molecular weight excluding hydrogens is 630 g/mol. The van der Waals surface area contributed by atoms with Crippen molar-refractivity contribution < 1.29 is 94.9 Å². The Morgan fingerprint density at radius 3 is 1.63 bits per heavy atom. The van der Waals surface area contributed by atoms with Crippen LogP contribution in [-0.2, 0) is 28.5 Å². The van der Waals surface area contributed by atoms with E-state index in [-0.39, 0.29) is 0 Å². The molecule has 14 N–H and O–H groups in total. The number of carbonyl (C=O) groups excluding carboxylic acids is 1. The first-order chi connectivity index (χ1) is 21.4. The van der Waals surface area contributed by atoms with Crippen LogP contribution in [0.3, 0.4) is 0 Å². The molecule has 0 bridgehead atoms. The van der Waals surface area contributed by atoms with E-state index < -0.39 is 141 Å². The van der Waals surface area contributed by atoms with Gasteiger partial charge in [-0.3, -0.25) is 4.79 Å². The van der Waals surface area contributed by atoms with E-state index in [9.17, 15) is 71.2 Å². The highest BCUT2D eigenvalue weighted by Crippen LogP contribution is 2.50. The fourth-order valence-electron chi connectivity index (χ4n) is 6.85. The molecule has 4 heterocycles. The minimum absolute atomic E-state index is 0.893. The summed E-state index contributed by atoms with van der Waals surface area (Å²) in [6.07, 6.45) is -36.0. The van der Waals surface area contributed by atoms with Crippen LogP contribution in [-0.4, -0.2) is 207 Å².